The van der Waals surface area contributed by atoms with E-state index in [0.717, 1.165) is 17.7 Å². The summed E-state index contributed by atoms with van der Waals surface area (Å²) in [6.45, 7) is 2.91. The van der Waals surface area contributed by atoms with E-state index in [9.17, 15) is 4.79 Å². The molecule has 3 N–H and O–H groups in total. The number of hydrogen-bond acceptors (Lipinski definition) is 3. The van der Waals surface area contributed by atoms with Gasteiger partial charge in [0.05, 0.1) is 7.11 Å². The summed E-state index contributed by atoms with van der Waals surface area (Å²) in [5.41, 5.74) is 10.2. The Morgan fingerprint density at radius 3 is 2.52 bits per heavy atom. The number of amides is 1. The molecule has 138 valence electrons. The molecule has 27 heavy (non-hydrogen) atoms. The van der Waals surface area contributed by atoms with E-state index in [2.05, 4.69) is 48.6 Å². The average Bonchev–Trinajstić information content (AvgIpc) is 2.72. The summed E-state index contributed by atoms with van der Waals surface area (Å²) in [6.07, 6.45) is 0. The highest BCUT2D eigenvalue weighted by Crippen LogP contribution is 2.31. The second-order valence-corrected chi connectivity index (χ2v) is 6.49. The van der Waals surface area contributed by atoms with Gasteiger partial charge in [0.1, 0.15) is 5.75 Å². The number of nitrogens with two attached hydrogens (primary N) is 1. The molecule has 1 amide bonds. The Bertz CT molecular complexity index is 923. The standard InChI is InChI=1S/C23H24N2O2/c1-16(18-8-4-3-5-9-18)25-15-17-7-6-10-19(13-17)21-12-11-20(23(24)26)14-22(21)27-2/h3-14,16,25H,15H2,1-2H3,(H2,24,26)/t16-/m1/s1. The Morgan fingerprint density at radius 2 is 1.81 bits per heavy atom. The van der Waals surface area contributed by atoms with E-state index in [1.165, 1.54) is 11.1 Å². The lowest BCUT2D eigenvalue weighted by Gasteiger charge is -2.15. The molecule has 0 heterocycles. The van der Waals surface area contributed by atoms with Crippen LogP contribution in [0.2, 0.25) is 0 Å². The number of carbonyl (C=O) groups is 1. The molecule has 0 unspecified atom stereocenters. The number of primary amides is 1. The van der Waals surface area contributed by atoms with Crippen LogP contribution in [0, 0.1) is 0 Å². The minimum Gasteiger partial charge on any atom is -0.496 e. The molecule has 0 bridgehead atoms. The Morgan fingerprint density at radius 1 is 1.04 bits per heavy atom. The van der Waals surface area contributed by atoms with Crippen molar-refractivity contribution in [1.82, 2.24) is 5.32 Å². The summed E-state index contributed by atoms with van der Waals surface area (Å²) < 4.78 is 5.46. The highest BCUT2D eigenvalue weighted by Gasteiger charge is 2.10. The molecule has 0 aliphatic carbocycles. The van der Waals surface area contributed by atoms with Gasteiger partial charge in [0.25, 0.3) is 0 Å². The van der Waals surface area contributed by atoms with Crippen LogP contribution in [0.4, 0.5) is 0 Å². The highest BCUT2D eigenvalue weighted by atomic mass is 16.5. The summed E-state index contributed by atoms with van der Waals surface area (Å²) in [6, 6.07) is 24.2. The number of ether oxygens (including phenoxy) is 1. The van der Waals surface area contributed by atoms with Crippen molar-refractivity contribution < 1.29 is 9.53 Å². The number of rotatable bonds is 7. The van der Waals surface area contributed by atoms with Gasteiger partial charge < -0.3 is 15.8 Å². The van der Waals surface area contributed by atoms with Crippen molar-refractivity contribution in [1.29, 1.82) is 0 Å². The topological polar surface area (TPSA) is 64.3 Å². The molecular weight excluding hydrogens is 336 g/mol. The van der Waals surface area contributed by atoms with Crippen LogP contribution >= 0.6 is 0 Å². The lowest BCUT2D eigenvalue weighted by atomic mass is 10.00. The highest BCUT2D eigenvalue weighted by molar-refractivity contribution is 5.94. The lowest BCUT2D eigenvalue weighted by molar-refractivity contribution is 0.1000. The number of methoxy groups -OCH3 is 1. The zero-order chi connectivity index (χ0) is 19.2. The van der Waals surface area contributed by atoms with Crippen LogP contribution < -0.4 is 15.8 Å². The van der Waals surface area contributed by atoms with Crippen molar-refractivity contribution in [3.8, 4) is 16.9 Å². The molecule has 3 rings (SSSR count). The fourth-order valence-electron chi connectivity index (χ4n) is 3.06. The van der Waals surface area contributed by atoms with Gasteiger partial charge in [-0.3, -0.25) is 4.79 Å². The molecule has 0 spiro atoms. The van der Waals surface area contributed by atoms with Crippen molar-refractivity contribution >= 4 is 5.91 Å². The van der Waals surface area contributed by atoms with Crippen molar-refractivity contribution in [3.05, 3.63) is 89.5 Å². The molecule has 0 aliphatic rings. The minimum atomic E-state index is -0.465. The Labute approximate surface area is 160 Å². The van der Waals surface area contributed by atoms with Crippen LogP contribution in [0.15, 0.2) is 72.8 Å². The summed E-state index contributed by atoms with van der Waals surface area (Å²) in [5, 5.41) is 3.55. The van der Waals surface area contributed by atoms with Crippen LogP contribution in [0.5, 0.6) is 5.75 Å². The zero-order valence-electron chi connectivity index (χ0n) is 15.6. The maximum absolute atomic E-state index is 11.4. The second-order valence-electron chi connectivity index (χ2n) is 6.49. The quantitative estimate of drug-likeness (QED) is 0.660. The van der Waals surface area contributed by atoms with Crippen LogP contribution in [0.1, 0.15) is 34.5 Å². The van der Waals surface area contributed by atoms with Crippen LogP contribution in [0.3, 0.4) is 0 Å². The number of benzene rings is 3. The van der Waals surface area contributed by atoms with Crippen LogP contribution in [-0.4, -0.2) is 13.0 Å². The van der Waals surface area contributed by atoms with E-state index in [1.54, 1.807) is 19.2 Å². The Kier molecular flexibility index (Phi) is 5.89. The predicted molar refractivity (Wildman–Crippen MR) is 109 cm³/mol. The van der Waals surface area contributed by atoms with Gasteiger partial charge in [-0.1, -0.05) is 48.5 Å². The lowest BCUT2D eigenvalue weighted by Crippen LogP contribution is -2.17. The Hall–Kier alpha value is -3.11. The maximum Gasteiger partial charge on any atom is 0.248 e. The van der Waals surface area contributed by atoms with Gasteiger partial charge in [-0.25, -0.2) is 0 Å². The average molecular weight is 360 g/mol. The van der Waals surface area contributed by atoms with Crippen molar-refractivity contribution in [3.63, 3.8) is 0 Å². The maximum atomic E-state index is 11.4. The van der Waals surface area contributed by atoms with E-state index in [1.807, 2.05) is 24.3 Å². The van der Waals surface area contributed by atoms with Crippen LogP contribution in [0.25, 0.3) is 11.1 Å². The summed E-state index contributed by atoms with van der Waals surface area (Å²) >= 11 is 0. The fourth-order valence-corrected chi connectivity index (χ4v) is 3.06. The van der Waals surface area contributed by atoms with Gasteiger partial charge in [0, 0.05) is 23.7 Å². The third kappa shape index (κ3) is 4.54. The molecule has 0 saturated heterocycles. The first kappa shape index (κ1) is 18.7. The van der Waals surface area contributed by atoms with E-state index in [4.69, 9.17) is 10.5 Å². The van der Waals surface area contributed by atoms with Gasteiger partial charge in [0.2, 0.25) is 5.91 Å². The number of carbonyl (C=O) groups excluding carboxylic acids is 1. The van der Waals surface area contributed by atoms with Gasteiger partial charge in [0.15, 0.2) is 0 Å². The molecule has 4 heteroatoms. The first-order valence-corrected chi connectivity index (χ1v) is 8.94. The molecule has 1 atom stereocenters. The monoisotopic (exact) mass is 360 g/mol. The molecule has 3 aromatic rings. The summed E-state index contributed by atoms with van der Waals surface area (Å²) in [5.74, 6) is 0.168. The molecule has 0 saturated carbocycles. The predicted octanol–water partition coefficient (Wildman–Crippen LogP) is 4.31. The minimum absolute atomic E-state index is 0.263. The normalized spacial score (nSPS) is 11.8. The summed E-state index contributed by atoms with van der Waals surface area (Å²) in [7, 11) is 1.59. The molecule has 3 aromatic carbocycles. The van der Waals surface area contributed by atoms with Crippen molar-refractivity contribution in [2.45, 2.75) is 19.5 Å². The third-order valence-corrected chi connectivity index (χ3v) is 4.64. The molecule has 0 aliphatic heterocycles. The Balaban J connectivity index is 1.79. The van der Waals surface area contributed by atoms with Crippen molar-refractivity contribution in [2.75, 3.05) is 7.11 Å². The SMILES string of the molecule is COc1cc(C(N)=O)ccc1-c1cccc(CN[C@H](C)c2ccccc2)c1. The molecule has 0 fully saturated rings. The first-order valence-electron chi connectivity index (χ1n) is 8.94. The van der Waals surface area contributed by atoms with E-state index in [-0.39, 0.29) is 6.04 Å². The first-order chi connectivity index (χ1) is 13.1. The van der Waals surface area contributed by atoms with Gasteiger partial charge in [-0.15, -0.1) is 0 Å². The molecule has 0 aromatic heterocycles. The van der Waals surface area contributed by atoms with Gasteiger partial charge in [-0.05, 0) is 47.9 Å². The second kappa shape index (κ2) is 8.52. The largest absolute Gasteiger partial charge is 0.496 e. The smallest absolute Gasteiger partial charge is 0.248 e. The summed E-state index contributed by atoms with van der Waals surface area (Å²) in [4.78, 5) is 11.4. The van der Waals surface area contributed by atoms with E-state index in [0.29, 0.717) is 11.3 Å². The third-order valence-electron chi connectivity index (χ3n) is 4.64. The molecule has 4 nitrogen and oxygen atoms in total. The number of hydrogen-bond donors (Lipinski definition) is 2. The number of nitrogens with one attached hydrogen (secondary N) is 1. The molecule has 0 radical (unpaired) electrons. The van der Waals surface area contributed by atoms with Crippen LogP contribution in [-0.2, 0) is 6.54 Å². The van der Waals surface area contributed by atoms with Crippen molar-refractivity contribution in [2.24, 2.45) is 5.73 Å². The van der Waals surface area contributed by atoms with Gasteiger partial charge in [-0.2, -0.15) is 0 Å². The zero-order valence-corrected chi connectivity index (χ0v) is 15.6. The van der Waals surface area contributed by atoms with E-state index >= 15 is 0 Å². The van der Waals surface area contributed by atoms with Gasteiger partial charge >= 0.3 is 0 Å². The van der Waals surface area contributed by atoms with E-state index < -0.39 is 5.91 Å². The molecular formula is C23H24N2O2. The fraction of sp³-hybridized carbons (Fsp3) is 0.174.